The number of pyridine rings is 2. The zero-order valence-corrected chi connectivity index (χ0v) is 13.9. The van der Waals surface area contributed by atoms with Gasteiger partial charge < -0.3 is 10.2 Å². The first-order valence-electron chi connectivity index (χ1n) is 7.61. The Bertz CT molecular complexity index is 753. The van der Waals surface area contributed by atoms with E-state index >= 15 is 0 Å². The molecule has 0 unspecified atom stereocenters. The third-order valence-corrected chi connectivity index (χ3v) is 4.58. The van der Waals surface area contributed by atoms with E-state index in [1.54, 1.807) is 30.4 Å². The number of nitrogens with zero attached hydrogens (tertiary/aromatic N) is 3. The first-order valence-corrected chi connectivity index (χ1v) is 7.99. The van der Waals surface area contributed by atoms with E-state index in [1.165, 1.54) is 12.4 Å². The van der Waals surface area contributed by atoms with Crippen LogP contribution in [0.3, 0.4) is 0 Å². The zero-order valence-electron chi connectivity index (χ0n) is 13.1. The third-order valence-electron chi connectivity index (χ3n) is 4.28. The van der Waals surface area contributed by atoms with Gasteiger partial charge in [0.15, 0.2) is 0 Å². The molecule has 1 fully saturated rings. The summed E-state index contributed by atoms with van der Waals surface area (Å²) in [4.78, 5) is 34.0. The lowest BCUT2D eigenvalue weighted by molar-refractivity contribution is -0.127. The number of hydrogen-bond acceptors (Lipinski definition) is 4. The molecule has 3 heterocycles. The number of likely N-dealkylation sites (tertiary alicyclic amines) is 1. The number of nitrogens with one attached hydrogen (secondary N) is 1. The van der Waals surface area contributed by atoms with E-state index < -0.39 is 0 Å². The molecule has 2 amide bonds. The van der Waals surface area contributed by atoms with Crippen LogP contribution in [-0.4, -0.2) is 40.3 Å². The predicted molar refractivity (Wildman–Crippen MR) is 89.4 cm³/mol. The Morgan fingerprint density at radius 2 is 2.00 bits per heavy atom. The Kier molecular flexibility index (Phi) is 4.76. The number of hydrogen-bond donors (Lipinski definition) is 1. The van der Waals surface area contributed by atoms with Crippen LogP contribution in [0.5, 0.6) is 0 Å². The smallest absolute Gasteiger partial charge is 0.252 e. The molecule has 0 aliphatic carbocycles. The van der Waals surface area contributed by atoms with E-state index in [4.69, 9.17) is 11.6 Å². The maximum absolute atomic E-state index is 12.3. The molecule has 2 aromatic rings. The van der Waals surface area contributed by atoms with Crippen molar-refractivity contribution in [3.8, 4) is 0 Å². The predicted octanol–water partition coefficient (Wildman–Crippen LogP) is 2.08. The van der Waals surface area contributed by atoms with E-state index in [1.807, 2.05) is 12.1 Å². The Morgan fingerprint density at radius 3 is 2.71 bits per heavy atom. The monoisotopic (exact) mass is 344 g/mol. The number of aromatic nitrogens is 2. The van der Waals surface area contributed by atoms with Crippen molar-refractivity contribution in [1.29, 1.82) is 0 Å². The summed E-state index contributed by atoms with van der Waals surface area (Å²) in [6.07, 6.45) is 6.76. The number of rotatable bonds is 4. The van der Waals surface area contributed by atoms with Gasteiger partial charge in [-0.1, -0.05) is 11.6 Å². The molecule has 6 nitrogen and oxygen atoms in total. The first-order chi connectivity index (χ1) is 11.6. The lowest BCUT2D eigenvalue weighted by Gasteiger charge is -2.25. The molecule has 0 spiro atoms. The SMILES string of the molecule is CN1C(=O)C[C@@H](CNC(=O)c2ccncc2Cl)[C@@H]1c1ccncc1. The van der Waals surface area contributed by atoms with Gasteiger partial charge in [-0.3, -0.25) is 19.6 Å². The summed E-state index contributed by atoms with van der Waals surface area (Å²) in [7, 11) is 1.79. The average Bonchev–Trinajstić information content (AvgIpc) is 2.88. The van der Waals surface area contributed by atoms with Crippen LogP contribution < -0.4 is 5.32 Å². The Hall–Kier alpha value is -2.47. The molecule has 2 atom stereocenters. The third kappa shape index (κ3) is 3.23. The van der Waals surface area contributed by atoms with Crippen molar-refractivity contribution in [3.63, 3.8) is 0 Å². The minimum absolute atomic E-state index is 0.00513. The van der Waals surface area contributed by atoms with Gasteiger partial charge in [0.1, 0.15) is 0 Å². The molecule has 2 aromatic heterocycles. The van der Waals surface area contributed by atoms with Crippen molar-refractivity contribution in [2.75, 3.05) is 13.6 Å². The van der Waals surface area contributed by atoms with E-state index in [0.717, 1.165) is 5.56 Å². The molecule has 1 aliphatic rings. The fourth-order valence-electron chi connectivity index (χ4n) is 3.07. The van der Waals surface area contributed by atoms with E-state index in [-0.39, 0.29) is 23.8 Å². The van der Waals surface area contributed by atoms with E-state index in [9.17, 15) is 9.59 Å². The van der Waals surface area contributed by atoms with Gasteiger partial charge in [0, 0.05) is 50.7 Å². The molecule has 0 bridgehead atoms. The highest BCUT2D eigenvalue weighted by Crippen LogP contribution is 2.36. The van der Waals surface area contributed by atoms with Crippen molar-refractivity contribution in [3.05, 3.63) is 59.1 Å². The quantitative estimate of drug-likeness (QED) is 0.921. The molecule has 1 N–H and O–H groups in total. The van der Waals surface area contributed by atoms with Crippen LogP contribution in [0.1, 0.15) is 28.4 Å². The van der Waals surface area contributed by atoms with Crippen LogP contribution in [0.25, 0.3) is 0 Å². The van der Waals surface area contributed by atoms with Gasteiger partial charge in [0.2, 0.25) is 5.91 Å². The van der Waals surface area contributed by atoms with Crippen LogP contribution in [0.4, 0.5) is 0 Å². The van der Waals surface area contributed by atoms with Crippen LogP contribution in [0, 0.1) is 5.92 Å². The molecule has 0 radical (unpaired) electrons. The van der Waals surface area contributed by atoms with Crippen LogP contribution in [-0.2, 0) is 4.79 Å². The highest BCUT2D eigenvalue weighted by molar-refractivity contribution is 6.33. The van der Waals surface area contributed by atoms with Gasteiger partial charge in [-0.25, -0.2) is 0 Å². The summed E-state index contributed by atoms with van der Waals surface area (Å²) in [5, 5.41) is 3.18. The average molecular weight is 345 g/mol. The van der Waals surface area contributed by atoms with Gasteiger partial charge >= 0.3 is 0 Å². The molecular weight excluding hydrogens is 328 g/mol. The van der Waals surface area contributed by atoms with Crippen LogP contribution in [0.15, 0.2) is 43.0 Å². The van der Waals surface area contributed by atoms with Gasteiger partial charge in [-0.15, -0.1) is 0 Å². The van der Waals surface area contributed by atoms with E-state index in [0.29, 0.717) is 23.6 Å². The molecule has 7 heteroatoms. The highest BCUT2D eigenvalue weighted by atomic mass is 35.5. The lowest BCUT2D eigenvalue weighted by Crippen LogP contribution is -2.32. The molecule has 24 heavy (non-hydrogen) atoms. The minimum atomic E-state index is -0.266. The number of carbonyl (C=O) groups is 2. The van der Waals surface area contributed by atoms with Gasteiger partial charge in [-0.05, 0) is 23.8 Å². The summed E-state index contributed by atoms with van der Waals surface area (Å²) in [6, 6.07) is 5.29. The second kappa shape index (κ2) is 6.97. The van der Waals surface area contributed by atoms with Crippen molar-refractivity contribution in [1.82, 2.24) is 20.2 Å². The highest BCUT2D eigenvalue weighted by Gasteiger charge is 2.38. The Balaban J connectivity index is 1.73. The first kappa shape index (κ1) is 16.4. The van der Waals surface area contributed by atoms with Crippen molar-refractivity contribution in [2.45, 2.75) is 12.5 Å². The summed E-state index contributed by atoms with van der Waals surface area (Å²) in [6.45, 7) is 0.389. The van der Waals surface area contributed by atoms with Crippen molar-refractivity contribution in [2.24, 2.45) is 5.92 Å². The maximum atomic E-state index is 12.3. The number of amides is 2. The van der Waals surface area contributed by atoms with Gasteiger partial charge in [0.25, 0.3) is 5.91 Å². The summed E-state index contributed by atoms with van der Waals surface area (Å²) in [5.41, 5.74) is 1.39. The number of halogens is 1. The van der Waals surface area contributed by atoms with Crippen LogP contribution in [0.2, 0.25) is 5.02 Å². The van der Waals surface area contributed by atoms with Gasteiger partial charge in [-0.2, -0.15) is 0 Å². The molecular formula is C17H17ClN4O2. The molecule has 0 aromatic carbocycles. The Labute approximate surface area is 144 Å². The normalized spacial score (nSPS) is 20.2. The second-order valence-corrected chi connectivity index (χ2v) is 6.17. The Morgan fingerprint density at radius 1 is 1.29 bits per heavy atom. The molecule has 124 valence electrons. The fraction of sp³-hybridized carbons (Fsp3) is 0.294. The maximum Gasteiger partial charge on any atom is 0.252 e. The lowest BCUT2D eigenvalue weighted by atomic mass is 9.94. The van der Waals surface area contributed by atoms with E-state index in [2.05, 4.69) is 15.3 Å². The topological polar surface area (TPSA) is 75.2 Å². The second-order valence-electron chi connectivity index (χ2n) is 5.76. The molecule has 1 saturated heterocycles. The molecule has 3 rings (SSSR count). The minimum Gasteiger partial charge on any atom is -0.352 e. The molecule has 0 saturated carbocycles. The standard InChI is InChI=1S/C17H17ClN4O2/c1-22-15(23)8-12(16(22)11-2-5-19-6-3-11)9-21-17(24)13-4-7-20-10-14(13)18/h2-7,10,12,16H,8-9H2,1H3,(H,21,24)/t12-,16-/m0/s1. The van der Waals surface area contributed by atoms with Gasteiger partial charge in [0.05, 0.1) is 16.6 Å². The van der Waals surface area contributed by atoms with Crippen LogP contribution >= 0.6 is 11.6 Å². The van der Waals surface area contributed by atoms with Crippen molar-refractivity contribution >= 4 is 23.4 Å². The zero-order chi connectivity index (χ0) is 17.1. The summed E-state index contributed by atoms with van der Waals surface area (Å²) < 4.78 is 0. The summed E-state index contributed by atoms with van der Waals surface area (Å²) in [5.74, 6) is -0.203. The molecule has 1 aliphatic heterocycles. The summed E-state index contributed by atoms with van der Waals surface area (Å²) >= 11 is 5.99. The largest absolute Gasteiger partial charge is 0.352 e. The van der Waals surface area contributed by atoms with Crippen molar-refractivity contribution < 1.29 is 9.59 Å². The number of carbonyl (C=O) groups excluding carboxylic acids is 2. The fourth-order valence-corrected chi connectivity index (χ4v) is 3.27.